The second kappa shape index (κ2) is 8.47. The van der Waals surface area contributed by atoms with Gasteiger partial charge in [0.15, 0.2) is 11.5 Å². The van der Waals surface area contributed by atoms with Crippen LogP contribution in [0.2, 0.25) is 0 Å². The van der Waals surface area contributed by atoms with Gasteiger partial charge in [-0.15, -0.1) is 0 Å². The highest BCUT2D eigenvalue weighted by molar-refractivity contribution is 7.99. The smallest absolute Gasteiger partial charge is 0.227 e. The number of primary amides is 1. The van der Waals surface area contributed by atoms with Gasteiger partial charge in [-0.05, 0) is 30.5 Å². The molecule has 136 valence electrons. The zero-order valence-corrected chi connectivity index (χ0v) is 15.1. The summed E-state index contributed by atoms with van der Waals surface area (Å²) in [6.07, 6.45) is 3.26. The van der Waals surface area contributed by atoms with Crippen molar-refractivity contribution >= 4 is 23.6 Å². The van der Waals surface area contributed by atoms with Gasteiger partial charge in [0.25, 0.3) is 0 Å². The molecule has 1 saturated heterocycles. The van der Waals surface area contributed by atoms with E-state index >= 15 is 0 Å². The number of hydrogen-bond acceptors (Lipinski definition) is 5. The number of carbonyl (C=O) groups is 2. The van der Waals surface area contributed by atoms with Crippen LogP contribution in [0.5, 0.6) is 11.5 Å². The molecule has 6 nitrogen and oxygen atoms in total. The van der Waals surface area contributed by atoms with Crippen molar-refractivity contribution in [1.29, 1.82) is 0 Å². The van der Waals surface area contributed by atoms with Crippen molar-refractivity contribution in [1.82, 2.24) is 4.90 Å². The largest absolute Gasteiger partial charge is 0.490 e. The van der Waals surface area contributed by atoms with Crippen molar-refractivity contribution in [2.75, 3.05) is 31.3 Å². The summed E-state index contributed by atoms with van der Waals surface area (Å²) in [7, 11) is 0. The Balaban J connectivity index is 1.64. The summed E-state index contributed by atoms with van der Waals surface area (Å²) < 4.78 is 11.4. The zero-order valence-electron chi connectivity index (χ0n) is 14.2. The molecular formula is C18H24N2O4S. The SMILES string of the molecule is NC(=O)CSCCC(=O)N1CCC[C@H]1c1ccc2c(c1)OCCCO2. The van der Waals surface area contributed by atoms with Crippen LogP contribution in [0.1, 0.15) is 37.3 Å². The van der Waals surface area contributed by atoms with Crippen LogP contribution in [0.25, 0.3) is 0 Å². The third-order valence-corrected chi connectivity index (χ3v) is 5.42. The lowest BCUT2D eigenvalue weighted by molar-refractivity contribution is -0.131. The fourth-order valence-corrected chi connectivity index (χ4v) is 3.94. The Morgan fingerprint density at radius 3 is 2.80 bits per heavy atom. The minimum atomic E-state index is -0.344. The van der Waals surface area contributed by atoms with Crippen molar-refractivity contribution < 1.29 is 19.1 Å². The summed E-state index contributed by atoms with van der Waals surface area (Å²) in [4.78, 5) is 25.3. The number of amides is 2. The number of carbonyl (C=O) groups excluding carboxylic acids is 2. The second-order valence-corrected chi connectivity index (χ2v) is 7.38. The first kappa shape index (κ1) is 17.9. The van der Waals surface area contributed by atoms with E-state index in [-0.39, 0.29) is 23.6 Å². The summed E-state index contributed by atoms with van der Waals surface area (Å²) in [6, 6.07) is 6.08. The average Bonchev–Trinajstić information content (AvgIpc) is 2.97. The van der Waals surface area contributed by atoms with Crippen LogP contribution in [0.15, 0.2) is 18.2 Å². The monoisotopic (exact) mass is 364 g/mol. The highest BCUT2D eigenvalue weighted by atomic mass is 32.2. The van der Waals surface area contributed by atoms with Crippen LogP contribution in [-0.2, 0) is 9.59 Å². The van der Waals surface area contributed by atoms with Crippen LogP contribution in [0.4, 0.5) is 0 Å². The number of ether oxygens (including phenoxy) is 2. The van der Waals surface area contributed by atoms with Gasteiger partial charge in [0.05, 0.1) is 25.0 Å². The molecule has 25 heavy (non-hydrogen) atoms. The van der Waals surface area contributed by atoms with E-state index < -0.39 is 0 Å². The van der Waals surface area contributed by atoms with Crippen LogP contribution in [-0.4, -0.2) is 48.0 Å². The van der Waals surface area contributed by atoms with E-state index in [0.29, 0.717) is 25.4 Å². The fraction of sp³-hybridized carbons (Fsp3) is 0.556. The first-order valence-corrected chi connectivity index (χ1v) is 9.85. The number of rotatable bonds is 6. The van der Waals surface area contributed by atoms with Crippen LogP contribution in [0.3, 0.4) is 0 Å². The molecule has 2 heterocycles. The number of fused-ring (bicyclic) bond motifs is 1. The molecule has 0 unspecified atom stereocenters. The van der Waals surface area contributed by atoms with E-state index in [0.717, 1.165) is 42.9 Å². The molecule has 2 amide bonds. The van der Waals surface area contributed by atoms with E-state index in [9.17, 15) is 9.59 Å². The van der Waals surface area contributed by atoms with Gasteiger partial charge in [-0.1, -0.05) is 6.07 Å². The van der Waals surface area contributed by atoms with Gasteiger partial charge in [-0.2, -0.15) is 11.8 Å². The highest BCUT2D eigenvalue weighted by Gasteiger charge is 2.30. The Bertz CT molecular complexity index is 638. The van der Waals surface area contributed by atoms with Crippen LogP contribution in [0, 0.1) is 0 Å². The number of nitrogens with zero attached hydrogens (tertiary/aromatic N) is 1. The molecule has 0 radical (unpaired) electrons. The number of likely N-dealkylation sites (tertiary alicyclic amines) is 1. The first-order valence-electron chi connectivity index (χ1n) is 8.70. The molecule has 1 atom stereocenters. The summed E-state index contributed by atoms with van der Waals surface area (Å²) in [5.74, 6) is 2.21. The minimum Gasteiger partial charge on any atom is -0.490 e. The summed E-state index contributed by atoms with van der Waals surface area (Å²) in [6.45, 7) is 2.10. The van der Waals surface area contributed by atoms with Gasteiger partial charge in [-0.3, -0.25) is 9.59 Å². The molecule has 7 heteroatoms. The van der Waals surface area contributed by atoms with Gasteiger partial charge in [0, 0.05) is 25.1 Å². The van der Waals surface area contributed by atoms with Gasteiger partial charge in [0.2, 0.25) is 11.8 Å². The Kier molecular flexibility index (Phi) is 6.07. The van der Waals surface area contributed by atoms with E-state index in [1.807, 2.05) is 23.1 Å². The van der Waals surface area contributed by atoms with E-state index in [2.05, 4.69) is 0 Å². The maximum atomic E-state index is 12.6. The van der Waals surface area contributed by atoms with E-state index in [4.69, 9.17) is 15.2 Å². The minimum absolute atomic E-state index is 0.0887. The number of thioether (sulfide) groups is 1. The van der Waals surface area contributed by atoms with Gasteiger partial charge in [0.1, 0.15) is 0 Å². The molecule has 1 aromatic carbocycles. The average molecular weight is 364 g/mol. The van der Waals surface area contributed by atoms with Crippen LogP contribution >= 0.6 is 11.8 Å². The lowest BCUT2D eigenvalue weighted by Gasteiger charge is -2.25. The van der Waals surface area contributed by atoms with Crippen molar-refractivity contribution in [3.8, 4) is 11.5 Å². The molecule has 2 N–H and O–H groups in total. The van der Waals surface area contributed by atoms with Gasteiger partial charge >= 0.3 is 0 Å². The fourth-order valence-electron chi connectivity index (χ4n) is 3.27. The van der Waals surface area contributed by atoms with Gasteiger partial charge in [-0.25, -0.2) is 0 Å². The topological polar surface area (TPSA) is 81.9 Å². The summed E-state index contributed by atoms with van der Waals surface area (Å²) >= 11 is 1.41. The predicted molar refractivity (Wildman–Crippen MR) is 96.9 cm³/mol. The maximum absolute atomic E-state index is 12.6. The molecule has 0 bridgehead atoms. The van der Waals surface area contributed by atoms with Gasteiger partial charge < -0.3 is 20.1 Å². The third-order valence-electron chi connectivity index (χ3n) is 4.43. The van der Waals surface area contributed by atoms with E-state index in [1.54, 1.807) is 0 Å². The quantitative estimate of drug-likeness (QED) is 0.782. The summed E-state index contributed by atoms with van der Waals surface area (Å²) in [5, 5.41) is 0. The number of nitrogens with two attached hydrogens (primary N) is 1. The molecule has 2 aliphatic heterocycles. The molecule has 3 rings (SSSR count). The Labute approximate surface area is 152 Å². The summed E-state index contributed by atoms with van der Waals surface area (Å²) in [5.41, 5.74) is 6.22. The molecule has 0 aromatic heterocycles. The van der Waals surface area contributed by atoms with Crippen molar-refractivity contribution in [2.45, 2.75) is 31.7 Å². The number of benzene rings is 1. The molecular weight excluding hydrogens is 340 g/mol. The number of hydrogen-bond donors (Lipinski definition) is 1. The highest BCUT2D eigenvalue weighted by Crippen LogP contribution is 2.38. The Morgan fingerprint density at radius 2 is 2.00 bits per heavy atom. The lowest BCUT2D eigenvalue weighted by atomic mass is 10.0. The maximum Gasteiger partial charge on any atom is 0.227 e. The molecule has 1 fully saturated rings. The molecule has 0 saturated carbocycles. The lowest BCUT2D eigenvalue weighted by Crippen LogP contribution is -2.30. The zero-order chi connectivity index (χ0) is 17.6. The molecule has 2 aliphatic rings. The molecule has 0 spiro atoms. The van der Waals surface area contributed by atoms with Crippen LogP contribution < -0.4 is 15.2 Å². The standard InChI is InChI=1S/C18H24N2O4S/c19-17(21)12-25-10-6-18(22)20-7-1-3-14(20)13-4-5-15-16(11-13)24-9-2-8-23-15/h4-5,11,14H,1-3,6-10,12H2,(H2,19,21)/t14-/m0/s1. The normalized spacial score (nSPS) is 19.5. The predicted octanol–water partition coefficient (Wildman–Crippen LogP) is 2.12. The van der Waals surface area contributed by atoms with E-state index in [1.165, 1.54) is 11.8 Å². The Hall–Kier alpha value is -1.89. The first-order chi connectivity index (χ1) is 12.1. The third kappa shape index (κ3) is 4.60. The second-order valence-electron chi connectivity index (χ2n) is 6.27. The van der Waals surface area contributed by atoms with Crippen molar-refractivity contribution in [3.05, 3.63) is 23.8 Å². The van der Waals surface area contributed by atoms with Crippen molar-refractivity contribution in [3.63, 3.8) is 0 Å². The molecule has 0 aliphatic carbocycles. The Morgan fingerprint density at radius 1 is 1.20 bits per heavy atom. The molecule has 1 aromatic rings. The van der Waals surface area contributed by atoms with Crippen molar-refractivity contribution in [2.24, 2.45) is 5.73 Å².